The van der Waals surface area contributed by atoms with Gasteiger partial charge in [-0.25, -0.2) is 8.78 Å². The molecule has 0 heterocycles. The van der Waals surface area contributed by atoms with Crippen LogP contribution in [0.4, 0.5) is 8.78 Å². The average molecular weight is 266 g/mol. The minimum atomic E-state index is -0.476. The molecule has 1 N–H and O–H groups in total. The lowest BCUT2D eigenvalue weighted by Gasteiger charge is -2.41. The molecule has 2 fully saturated rings. The highest BCUT2D eigenvalue weighted by Crippen LogP contribution is 2.46. The lowest BCUT2D eigenvalue weighted by atomic mass is 9.65. The summed E-state index contributed by atoms with van der Waals surface area (Å²) in [5.41, 5.74) is 0.807. The van der Waals surface area contributed by atoms with E-state index in [0.29, 0.717) is 11.8 Å². The second-order valence-corrected chi connectivity index (χ2v) is 6.20. The van der Waals surface area contributed by atoms with Gasteiger partial charge in [0, 0.05) is 6.07 Å². The van der Waals surface area contributed by atoms with Crippen molar-refractivity contribution in [1.29, 1.82) is 0 Å². The molecule has 1 aromatic rings. The fraction of sp³-hybridized carbons (Fsp3) is 0.625. The van der Waals surface area contributed by atoms with Crippen molar-refractivity contribution in [2.75, 3.05) is 0 Å². The van der Waals surface area contributed by atoms with Crippen molar-refractivity contribution < 1.29 is 13.9 Å². The first-order valence-corrected chi connectivity index (χ1v) is 7.26. The number of aliphatic hydroxyl groups excluding tert-OH is 1. The van der Waals surface area contributed by atoms with E-state index in [4.69, 9.17) is 0 Å². The lowest BCUT2D eigenvalue weighted by Crippen LogP contribution is -2.32. The van der Waals surface area contributed by atoms with Crippen molar-refractivity contribution in [1.82, 2.24) is 0 Å². The maximum absolute atomic E-state index is 13.3. The summed E-state index contributed by atoms with van der Waals surface area (Å²) >= 11 is 0. The van der Waals surface area contributed by atoms with Gasteiger partial charge in [-0.1, -0.05) is 0 Å². The van der Waals surface area contributed by atoms with Crippen molar-refractivity contribution in [3.8, 4) is 0 Å². The van der Waals surface area contributed by atoms with E-state index in [2.05, 4.69) is 0 Å². The summed E-state index contributed by atoms with van der Waals surface area (Å²) in [5.74, 6) is 0.556. The van der Waals surface area contributed by atoms with Gasteiger partial charge in [0.25, 0.3) is 0 Å². The fourth-order valence-electron chi connectivity index (χ4n) is 3.98. The van der Waals surface area contributed by atoms with E-state index in [1.165, 1.54) is 12.1 Å². The minimum Gasteiger partial charge on any atom is -0.393 e. The molecule has 0 aromatic heterocycles. The van der Waals surface area contributed by atoms with Crippen molar-refractivity contribution in [2.45, 2.75) is 50.5 Å². The monoisotopic (exact) mass is 266 g/mol. The zero-order chi connectivity index (χ0) is 13.4. The summed E-state index contributed by atoms with van der Waals surface area (Å²) in [5, 5.41) is 9.70. The zero-order valence-electron chi connectivity index (χ0n) is 11.0. The lowest BCUT2D eigenvalue weighted by molar-refractivity contribution is 0.0441. The number of fused-ring (bicyclic) bond motifs is 1. The summed E-state index contributed by atoms with van der Waals surface area (Å²) in [6, 6.07) is 3.89. The summed E-state index contributed by atoms with van der Waals surface area (Å²) in [6.07, 6.45) is 5.78. The molecule has 3 heteroatoms. The fourth-order valence-corrected chi connectivity index (χ4v) is 3.98. The predicted molar refractivity (Wildman–Crippen MR) is 69.8 cm³/mol. The van der Waals surface area contributed by atoms with Gasteiger partial charge in [0.1, 0.15) is 11.6 Å². The minimum absolute atomic E-state index is 0.135. The topological polar surface area (TPSA) is 20.2 Å². The second kappa shape index (κ2) is 5.20. The number of benzene rings is 1. The van der Waals surface area contributed by atoms with Crippen LogP contribution in [0.15, 0.2) is 18.2 Å². The molecule has 2 aliphatic rings. The van der Waals surface area contributed by atoms with E-state index in [-0.39, 0.29) is 12.0 Å². The van der Waals surface area contributed by atoms with E-state index in [0.717, 1.165) is 50.2 Å². The third-order valence-corrected chi connectivity index (χ3v) is 4.94. The number of rotatable bonds is 1. The quantitative estimate of drug-likeness (QED) is 0.814. The molecule has 4 atom stereocenters. The Morgan fingerprint density at radius 1 is 0.842 bits per heavy atom. The third kappa shape index (κ3) is 2.81. The SMILES string of the molecule is O[C@@H]1CC[C@@H]2CC(c3cc(F)cc(F)c3)CCC2C1. The average Bonchev–Trinajstić information content (AvgIpc) is 2.37. The molecule has 104 valence electrons. The molecule has 1 nitrogen and oxygen atoms in total. The van der Waals surface area contributed by atoms with Crippen LogP contribution in [0.25, 0.3) is 0 Å². The van der Waals surface area contributed by atoms with Gasteiger partial charge in [-0.3, -0.25) is 0 Å². The van der Waals surface area contributed by atoms with Crippen LogP contribution < -0.4 is 0 Å². The Labute approximate surface area is 112 Å². The van der Waals surface area contributed by atoms with Crippen molar-refractivity contribution in [2.24, 2.45) is 11.8 Å². The molecule has 0 saturated heterocycles. The van der Waals surface area contributed by atoms with Gasteiger partial charge < -0.3 is 5.11 Å². The number of hydrogen-bond donors (Lipinski definition) is 1. The van der Waals surface area contributed by atoms with Gasteiger partial charge in [-0.15, -0.1) is 0 Å². The standard InChI is InChI=1S/C16H20F2O/c17-14-6-13(7-15(18)9-14)11-1-2-12-8-16(19)4-3-10(12)5-11/h6-7,9-12,16,19H,1-5,8H2/t10-,11?,12?,16-/m1/s1. The van der Waals surface area contributed by atoms with Gasteiger partial charge in [-0.05, 0) is 74.0 Å². The molecule has 0 amide bonds. The van der Waals surface area contributed by atoms with Gasteiger partial charge in [0.2, 0.25) is 0 Å². The Bertz CT molecular complexity index is 440. The number of aliphatic hydroxyl groups is 1. The molecule has 1 aromatic carbocycles. The highest BCUT2D eigenvalue weighted by molar-refractivity contribution is 5.22. The Kier molecular flexibility index (Phi) is 3.57. The first kappa shape index (κ1) is 13.0. The summed E-state index contributed by atoms with van der Waals surface area (Å²) in [4.78, 5) is 0. The summed E-state index contributed by atoms with van der Waals surface area (Å²) in [6.45, 7) is 0. The van der Waals surface area contributed by atoms with Gasteiger partial charge in [0.05, 0.1) is 6.10 Å². The van der Waals surface area contributed by atoms with E-state index < -0.39 is 11.6 Å². The van der Waals surface area contributed by atoms with Crippen molar-refractivity contribution in [3.05, 3.63) is 35.4 Å². The first-order valence-electron chi connectivity index (χ1n) is 7.26. The Balaban J connectivity index is 1.74. The zero-order valence-corrected chi connectivity index (χ0v) is 11.0. The molecule has 2 saturated carbocycles. The van der Waals surface area contributed by atoms with Gasteiger partial charge in [0.15, 0.2) is 0 Å². The number of hydrogen-bond acceptors (Lipinski definition) is 1. The normalized spacial score (nSPS) is 34.9. The first-order chi connectivity index (χ1) is 9.11. The molecule has 0 radical (unpaired) electrons. The molecule has 19 heavy (non-hydrogen) atoms. The van der Waals surface area contributed by atoms with E-state index >= 15 is 0 Å². The largest absolute Gasteiger partial charge is 0.393 e. The van der Waals surface area contributed by atoms with Gasteiger partial charge >= 0.3 is 0 Å². The molecule has 0 spiro atoms. The van der Waals surface area contributed by atoms with E-state index in [1.807, 2.05) is 0 Å². The molecular weight excluding hydrogens is 246 g/mol. The highest BCUT2D eigenvalue weighted by Gasteiger charge is 2.35. The van der Waals surface area contributed by atoms with Crippen LogP contribution >= 0.6 is 0 Å². The molecule has 0 aliphatic heterocycles. The Hall–Kier alpha value is -0.960. The van der Waals surface area contributed by atoms with Crippen molar-refractivity contribution in [3.63, 3.8) is 0 Å². The van der Waals surface area contributed by atoms with E-state index in [9.17, 15) is 13.9 Å². The summed E-state index contributed by atoms with van der Waals surface area (Å²) < 4.78 is 26.6. The molecule has 2 unspecified atom stereocenters. The van der Waals surface area contributed by atoms with Crippen LogP contribution in [0, 0.1) is 23.5 Å². The van der Waals surface area contributed by atoms with Crippen LogP contribution in [0.5, 0.6) is 0 Å². The maximum Gasteiger partial charge on any atom is 0.126 e. The molecule has 3 rings (SSSR count). The predicted octanol–water partition coefficient (Wildman–Crippen LogP) is 4.01. The molecule has 0 bridgehead atoms. The maximum atomic E-state index is 13.3. The van der Waals surface area contributed by atoms with E-state index in [1.54, 1.807) is 0 Å². The Morgan fingerprint density at radius 2 is 1.47 bits per heavy atom. The molecular formula is C16H20F2O. The Morgan fingerprint density at radius 3 is 2.21 bits per heavy atom. The highest BCUT2D eigenvalue weighted by atomic mass is 19.1. The van der Waals surface area contributed by atoms with Crippen LogP contribution in [0.1, 0.15) is 50.0 Å². The van der Waals surface area contributed by atoms with Gasteiger partial charge in [-0.2, -0.15) is 0 Å². The molecule has 2 aliphatic carbocycles. The third-order valence-electron chi connectivity index (χ3n) is 4.94. The number of halogens is 2. The summed E-state index contributed by atoms with van der Waals surface area (Å²) in [7, 11) is 0. The van der Waals surface area contributed by atoms with Crippen LogP contribution in [-0.4, -0.2) is 11.2 Å². The van der Waals surface area contributed by atoms with Crippen LogP contribution in [-0.2, 0) is 0 Å². The smallest absolute Gasteiger partial charge is 0.126 e. The van der Waals surface area contributed by atoms with Crippen molar-refractivity contribution >= 4 is 0 Å². The second-order valence-electron chi connectivity index (χ2n) is 6.20. The van der Waals surface area contributed by atoms with Crippen LogP contribution in [0.3, 0.4) is 0 Å². The van der Waals surface area contributed by atoms with Crippen LogP contribution in [0.2, 0.25) is 0 Å².